The fourth-order valence-electron chi connectivity index (χ4n) is 3.62. The molecule has 7 heteroatoms. The average Bonchev–Trinajstić information content (AvgIpc) is 3.43. The molecule has 1 saturated carbocycles. The van der Waals surface area contributed by atoms with Gasteiger partial charge in [-0.05, 0) is 43.4 Å². The van der Waals surface area contributed by atoms with Gasteiger partial charge in [0.25, 0.3) is 0 Å². The van der Waals surface area contributed by atoms with Crippen molar-refractivity contribution in [1.29, 1.82) is 0 Å². The summed E-state index contributed by atoms with van der Waals surface area (Å²) in [4.78, 5) is 30.8. The lowest BCUT2D eigenvalue weighted by Gasteiger charge is -2.32. The number of nitrogens with zero attached hydrogens (tertiary/aromatic N) is 5. The third-order valence-corrected chi connectivity index (χ3v) is 5.21. The van der Waals surface area contributed by atoms with Crippen molar-refractivity contribution < 1.29 is 4.79 Å². The van der Waals surface area contributed by atoms with E-state index in [9.17, 15) is 9.59 Å². The number of carbonyl (C=O) groups excluding carboxylic acids is 1. The average molecular weight is 341 g/mol. The van der Waals surface area contributed by atoms with Gasteiger partial charge in [-0.25, -0.2) is 9.48 Å². The van der Waals surface area contributed by atoms with Crippen LogP contribution < -0.4 is 5.69 Å². The molecule has 0 aromatic carbocycles. The number of aromatic nitrogens is 4. The van der Waals surface area contributed by atoms with Gasteiger partial charge in [-0.1, -0.05) is 0 Å². The lowest BCUT2D eigenvalue weighted by molar-refractivity contribution is -0.131. The summed E-state index contributed by atoms with van der Waals surface area (Å²) >= 11 is 0. The Hall–Kier alpha value is -2.44. The van der Waals surface area contributed by atoms with Crippen LogP contribution in [0.3, 0.4) is 0 Å². The highest BCUT2D eigenvalue weighted by Gasteiger charge is 2.34. The molecular weight excluding hydrogens is 318 g/mol. The molecule has 3 heterocycles. The van der Waals surface area contributed by atoms with Crippen molar-refractivity contribution in [1.82, 2.24) is 24.2 Å². The third-order valence-electron chi connectivity index (χ3n) is 5.21. The zero-order valence-electron chi connectivity index (χ0n) is 14.5. The first-order valence-corrected chi connectivity index (χ1v) is 8.95. The Balaban J connectivity index is 1.42. The van der Waals surface area contributed by atoms with Crippen LogP contribution in [0.25, 0.3) is 0 Å². The van der Waals surface area contributed by atoms with Crippen LogP contribution >= 0.6 is 0 Å². The van der Waals surface area contributed by atoms with Crippen molar-refractivity contribution in [2.24, 2.45) is 7.05 Å². The van der Waals surface area contributed by atoms with Gasteiger partial charge >= 0.3 is 5.69 Å². The van der Waals surface area contributed by atoms with E-state index in [1.807, 2.05) is 21.6 Å². The van der Waals surface area contributed by atoms with Gasteiger partial charge in [0.15, 0.2) is 0 Å². The number of pyridine rings is 1. The third kappa shape index (κ3) is 3.23. The van der Waals surface area contributed by atoms with E-state index in [4.69, 9.17) is 0 Å². The van der Waals surface area contributed by atoms with Gasteiger partial charge in [0, 0.05) is 44.5 Å². The number of carbonyl (C=O) groups is 1. The number of aryl methyl sites for hydroxylation is 1. The Morgan fingerprint density at radius 3 is 2.48 bits per heavy atom. The largest absolute Gasteiger partial charge is 0.345 e. The zero-order valence-corrected chi connectivity index (χ0v) is 14.5. The zero-order chi connectivity index (χ0) is 17.4. The van der Waals surface area contributed by atoms with E-state index < -0.39 is 0 Å². The second kappa shape index (κ2) is 6.46. The van der Waals surface area contributed by atoms with Crippen molar-refractivity contribution >= 4 is 5.91 Å². The lowest BCUT2D eigenvalue weighted by Crippen LogP contribution is -2.41. The van der Waals surface area contributed by atoms with Crippen LogP contribution in [-0.2, 0) is 18.3 Å². The molecule has 132 valence electrons. The summed E-state index contributed by atoms with van der Waals surface area (Å²) in [5.41, 5.74) is 0.963. The van der Waals surface area contributed by atoms with Crippen LogP contribution in [0.1, 0.15) is 49.0 Å². The Morgan fingerprint density at radius 2 is 1.84 bits per heavy atom. The van der Waals surface area contributed by atoms with Crippen molar-refractivity contribution in [3.8, 4) is 0 Å². The minimum Gasteiger partial charge on any atom is -0.342 e. The lowest BCUT2D eigenvalue weighted by atomic mass is 10.0. The van der Waals surface area contributed by atoms with Crippen LogP contribution in [0.15, 0.2) is 29.3 Å². The molecule has 0 radical (unpaired) electrons. The number of amides is 1. The van der Waals surface area contributed by atoms with Gasteiger partial charge < -0.3 is 4.90 Å². The predicted molar refractivity (Wildman–Crippen MR) is 92.2 cm³/mol. The van der Waals surface area contributed by atoms with Crippen LogP contribution in [-0.4, -0.2) is 43.2 Å². The van der Waals surface area contributed by atoms with Gasteiger partial charge in [-0.15, -0.1) is 0 Å². The highest BCUT2D eigenvalue weighted by Crippen LogP contribution is 2.40. The van der Waals surface area contributed by atoms with E-state index in [0.717, 1.165) is 37.1 Å². The first-order chi connectivity index (χ1) is 12.1. The molecule has 0 bridgehead atoms. The van der Waals surface area contributed by atoms with E-state index in [1.165, 1.54) is 4.68 Å². The smallest absolute Gasteiger partial charge is 0.342 e. The van der Waals surface area contributed by atoms with Gasteiger partial charge in [0.1, 0.15) is 5.82 Å². The van der Waals surface area contributed by atoms with Gasteiger partial charge in [-0.2, -0.15) is 5.10 Å². The van der Waals surface area contributed by atoms with Crippen molar-refractivity contribution in [2.45, 2.75) is 44.1 Å². The van der Waals surface area contributed by atoms with Crippen LogP contribution in [0.5, 0.6) is 0 Å². The summed E-state index contributed by atoms with van der Waals surface area (Å²) in [6.45, 7) is 1.39. The predicted octanol–water partition coefficient (Wildman–Crippen LogP) is 1.26. The van der Waals surface area contributed by atoms with E-state index in [0.29, 0.717) is 25.4 Å². The number of piperidine rings is 1. The molecule has 1 saturated heterocycles. The number of hydrogen-bond acceptors (Lipinski definition) is 4. The second-order valence-corrected chi connectivity index (χ2v) is 7.05. The summed E-state index contributed by atoms with van der Waals surface area (Å²) in [6, 6.07) is 3.91. The molecule has 1 amide bonds. The molecular formula is C18H23N5O2. The maximum Gasteiger partial charge on any atom is 0.345 e. The fourth-order valence-corrected chi connectivity index (χ4v) is 3.62. The SMILES string of the molecule is Cn1nc(C2CC2)n(C2CCN(C(=O)Cc3ccncc3)CC2)c1=O. The van der Waals surface area contributed by atoms with Gasteiger partial charge in [0.2, 0.25) is 5.91 Å². The monoisotopic (exact) mass is 341 g/mol. The number of likely N-dealkylation sites (tertiary alicyclic amines) is 1. The van der Waals surface area contributed by atoms with Crippen molar-refractivity contribution in [3.05, 3.63) is 46.4 Å². The van der Waals surface area contributed by atoms with Crippen LogP contribution in [0.2, 0.25) is 0 Å². The molecule has 1 aliphatic carbocycles. The summed E-state index contributed by atoms with van der Waals surface area (Å²) < 4.78 is 3.34. The number of hydrogen-bond donors (Lipinski definition) is 0. The van der Waals surface area contributed by atoms with E-state index in [1.54, 1.807) is 19.4 Å². The quantitative estimate of drug-likeness (QED) is 0.839. The molecule has 2 aliphatic rings. The standard InChI is InChI=1S/C18H23N5O2/c1-21-18(25)23(17(20-21)14-2-3-14)15-6-10-22(11-7-15)16(24)12-13-4-8-19-9-5-13/h4-5,8-9,14-15H,2-3,6-7,10-12H2,1H3. The summed E-state index contributed by atoms with van der Waals surface area (Å²) in [6.07, 6.45) is 7.71. The normalized spacial score (nSPS) is 18.5. The topological polar surface area (TPSA) is 73.0 Å². The Kier molecular flexibility index (Phi) is 4.15. The molecule has 7 nitrogen and oxygen atoms in total. The van der Waals surface area contributed by atoms with E-state index in [2.05, 4.69) is 10.1 Å². The molecule has 25 heavy (non-hydrogen) atoms. The van der Waals surface area contributed by atoms with Crippen LogP contribution in [0.4, 0.5) is 0 Å². The highest BCUT2D eigenvalue weighted by molar-refractivity contribution is 5.78. The highest BCUT2D eigenvalue weighted by atomic mass is 16.2. The molecule has 1 aliphatic heterocycles. The number of rotatable bonds is 4. The molecule has 0 N–H and O–H groups in total. The summed E-state index contributed by atoms with van der Waals surface area (Å²) in [5.74, 6) is 1.53. The van der Waals surface area contributed by atoms with Crippen LogP contribution in [0, 0.1) is 0 Å². The van der Waals surface area contributed by atoms with E-state index >= 15 is 0 Å². The fraction of sp³-hybridized carbons (Fsp3) is 0.556. The molecule has 4 rings (SSSR count). The first kappa shape index (κ1) is 16.1. The molecule has 0 unspecified atom stereocenters. The summed E-state index contributed by atoms with van der Waals surface area (Å²) in [5, 5.41) is 4.44. The molecule has 2 aromatic rings. The maximum absolute atomic E-state index is 12.5. The molecule has 0 spiro atoms. The van der Waals surface area contributed by atoms with E-state index in [-0.39, 0.29) is 17.6 Å². The Bertz CT molecular complexity index is 814. The summed E-state index contributed by atoms with van der Waals surface area (Å²) in [7, 11) is 1.72. The molecule has 2 aromatic heterocycles. The van der Waals surface area contributed by atoms with Crippen molar-refractivity contribution in [3.63, 3.8) is 0 Å². The first-order valence-electron chi connectivity index (χ1n) is 8.95. The molecule has 2 fully saturated rings. The van der Waals surface area contributed by atoms with Crippen molar-refractivity contribution in [2.75, 3.05) is 13.1 Å². The molecule has 0 atom stereocenters. The minimum absolute atomic E-state index is 0.0246. The Labute approximate surface area is 146 Å². The van der Waals surface area contributed by atoms with Gasteiger partial charge in [0.05, 0.1) is 6.42 Å². The maximum atomic E-state index is 12.5. The minimum atomic E-state index is -0.0246. The Morgan fingerprint density at radius 1 is 1.16 bits per heavy atom. The second-order valence-electron chi connectivity index (χ2n) is 7.05. The van der Waals surface area contributed by atoms with Gasteiger partial charge in [-0.3, -0.25) is 14.3 Å².